The first-order valence-corrected chi connectivity index (χ1v) is 6.93. The zero-order chi connectivity index (χ0) is 13.1. The summed E-state index contributed by atoms with van der Waals surface area (Å²) >= 11 is 1.54. The second-order valence-corrected chi connectivity index (χ2v) is 5.69. The number of ether oxygens (including phenoxy) is 1. The third kappa shape index (κ3) is 2.97. The molecule has 0 radical (unpaired) electrons. The van der Waals surface area contributed by atoms with Crippen LogP contribution in [0.1, 0.15) is 54.3 Å². The highest BCUT2D eigenvalue weighted by Crippen LogP contribution is 2.35. The van der Waals surface area contributed by atoms with E-state index in [4.69, 9.17) is 9.84 Å². The number of hydrogen-bond donors (Lipinski definition) is 1. The molecule has 0 aromatic carbocycles. The van der Waals surface area contributed by atoms with Gasteiger partial charge in [-0.25, -0.2) is 9.78 Å². The third-order valence-electron chi connectivity index (χ3n) is 2.83. The summed E-state index contributed by atoms with van der Waals surface area (Å²) in [6, 6.07) is 0. The van der Waals surface area contributed by atoms with Crippen LogP contribution in [-0.4, -0.2) is 22.7 Å². The minimum atomic E-state index is -0.934. The van der Waals surface area contributed by atoms with Gasteiger partial charge >= 0.3 is 5.97 Å². The topological polar surface area (TPSA) is 59.4 Å². The van der Waals surface area contributed by atoms with E-state index in [0.29, 0.717) is 0 Å². The van der Waals surface area contributed by atoms with Crippen molar-refractivity contribution in [1.82, 2.24) is 4.98 Å². The van der Waals surface area contributed by atoms with E-state index in [0.717, 1.165) is 35.0 Å². The van der Waals surface area contributed by atoms with Gasteiger partial charge in [-0.3, -0.25) is 0 Å². The Bertz CT molecular complexity index is 459. The lowest BCUT2D eigenvalue weighted by atomic mass is 10.1. The quantitative estimate of drug-likeness (QED) is 0.851. The summed E-state index contributed by atoms with van der Waals surface area (Å²) in [6.07, 6.45) is 4.97. The molecule has 1 fully saturated rings. The zero-order valence-corrected chi connectivity index (χ0v) is 11.4. The maximum atomic E-state index is 10.6. The standard InChI is InChI=1S/C13H17NO3S/c1-8(2)12-10(5-6-11(15)16)18-13(14-12)9-4-3-7-17-9/h5-6,8-9H,3-4,7H2,1-2H3,(H,15,16)/b6-5+. The summed E-state index contributed by atoms with van der Waals surface area (Å²) in [5.41, 5.74) is 0.961. The van der Waals surface area contributed by atoms with Crippen molar-refractivity contribution in [2.24, 2.45) is 0 Å². The maximum absolute atomic E-state index is 10.6. The number of thiazole rings is 1. The Balaban J connectivity index is 2.28. The van der Waals surface area contributed by atoms with E-state index in [-0.39, 0.29) is 12.0 Å². The molecule has 0 amide bonds. The van der Waals surface area contributed by atoms with Crippen LogP contribution in [0.2, 0.25) is 0 Å². The van der Waals surface area contributed by atoms with Crippen LogP contribution < -0.4 is 0 Å². The van der Waals surface area contributed by atoms with Crippen molar-refractivity contribution in [3.8, 4) is 0 Å². The number of nitrogens with zero attached hydrogens (tertiary/aromatic N) is 1. The summed E-state index contributed by atoms with van der Waals surface area (Å²) in [6.45, 7) is 4.92. The normalized spacial score (nSPS) is 20.1. The van der Waals surface area contributed by atoms with Gasteiger partial charge in [-0.1, -0.05) is 13.8 Å². The molecule has 0 bridgehead atoms. The van der Waals surface area contributed by atoms with E-state index in [1.807, 2.05) is 0 Å². The van der Waals surface area contributed by atoms with E-state index in [1.54, 1.807) is 17.4 Å². The summed E-state index contributed by atoms with van der Waals surface area (Å²) < 4.78 is 5.62. The predicted molar refractivity (Wildman–Crippen MR) is 70.8 cm³/mol. The molecule has 5 heteroatoms. The second kappa shape index (κ2) is 5.63. The number of rotatable bonds is 4. The van der Waals surface area contributed by atoms with Crippen LogP contribution in [-0.2, 0) is 9.53 Å². The fourth-order valence-corrected chi connectivity index (χ4v) is 3.16. The maximum Gasteiger partial charge on any atom is 0.328 e. The molecule has 2 rings (SSSR count). The van der Waals surface area contributed by atoms with Crippen LogP contribution in [0.15, 0.2) is 6.08 Å². The molecule has 4 nitrogen and oxygen atoms in total. The Morgan fingerprint density at radius 2 is 2.39 bits per heavy atom. The van der Waals surface area contributed by atoms with Crippen LogP contribution in [0.25, 0.3) is 6.08 Å². The molecule has 1 atom stereocenters. The highest BCUT2D eigenvalue weighted by atomic mass is 32.1. The lowest BCUT2D eigenvalue weighted by Crippen LogP contribution is -1.96. The summed E-state index contributed by atoms with van der Waals surface area (Å²) in [4.78, 5) is 16.1. The Morgan fingerprint density at radius 1 is 1.61 bits per heavy atom. The number of hydrogen-bond acceptors (Lipinski definition) is 4. The average Bonchev–Trinajstić information content (AvgIpc) is 2.94. The van der Waals surface area contributed by atoms with Gasteiger partial charge in [0.05, 0.1) is 10.6 Å². The van der Waals surface area contributed by atoms with Crippen LogP contribution in [0.5, 0.6) is 0 Å². The molecule has 0 spiro atoms. The van der Waals surface area contributed by atoms with E-state index in [1.165, 1.54) is 6.08 Å². The highest BCUT2D eigenvalue weighted by molar-refractivity contribution is 7.12. The van der Waals surface area contributed by atoms with Gasteiger partial charge in [0.15, 0.2) is 0 Å². The Kier molecular flexibility index (Phi) is 4.14. The van der Waals surface area contributed by atoms with E-state index in [9.17, 15) is 4.79 Å². The van der Waals surface area contributed by atoms with Gasteiger partial charge in [-0.2, -0.15) is 0 Å². The molecule has 1 aliphatic heterocycles. The minimum Gasteiger partial charge on any atom is -0.478 e. The van der Waals surface area contributed by atoms with Crippen molar-refractivity contribution in [3.05, 3.63) is 21.7 Å². The summed E-state index contributed by atoms with van der Waals surface area (Å²) in [5, 5.41) is 9.67. The van der Waals surface area contributed by atoms with Crippen LogP contribution in [0, 0.1) is 0 Å². The van der Waals surface area contributed by atoms with Gasteiger partial charge in [-0.15, -0.1) is 11.3 Å². The van der Waals surface area contributed by atoms with E-state index >= 15 is 0 Å². The van der Waals surface area contributed by atoms with Crippen molar-refractivity contribution < 1.29 is 14.6 Å². The van der Waals surface area contributed by atoms with E-state index in [2.05, 4.69) is 18.8 Å². The van der Waals surface area contributed by atoms with Gasteiger partial charge in [0.1, 0.15) is 11.1 Å². The molecule has 1 N–H and O–H groups in total. The monoisotopic (exact) mass is 267 g/mol. The fraction of sp³-hybridized carbons (Fsp3) is 0.538. The van der Waals surface area contributed by atoms with Gasteiger partial charge in [-0.05, 0) is 24.8 Å². The Morgan fingerprint density at radius 3 is 2.94 bits per heavy atom. The predicted octanol–water partition coefficient (Wildman–Crippen LogP) is 3.22. The minimum absolute atomic E-state index is 0.0967. The molecule has 0 saturated carbocycles. The Hall–Kier alpha value is -1.20. The average molecular weight is 267 g/mol. The van der Waals surface area contributed by atoms with Crippen molar-refractivity contribution in [2.45, 2.75) is 38.7 Å². The number of carboxylic acid groups (broad SMARTS) is 1. The first kappa shape index (κ1) is 13.2. The summed E-state index contributed by atoms with van der Waals surface area (Å²) in [5.74, 6) is -0.651. The highest BCUT2D eigenvalue weighted by Gasteiger charge is 2.23. The molecule has 0 aliphatic carbocycles. The molecule has 1 saturated heterocycles. The molecule has 1 aromatic rings. The van der Waals surface area contributed by atoms with Crippen LogP contribution in [0.3, 0.4) is 0 Å². The van der Waals surface area contributed by atoms with Gasteiger partial charge in [0, 0.05) is 12.7 Å². The zero-order valence-electron chi connectivity index (χ0n) is 10.5. The fourth-order valence-electron chi connectivity index (χ4n) is 1.95. The molecular weight excluding hydrogens is 250 g/mol. The second-order valence-electron chi connectivity index (χ2n) is 4.63. The SMILES string of the molecule is CC(C)c1nc(C2CCCO2)sc1/C=C/C(=O)O. The lowest BCUT2D eigenvalue weighted by molar-refractivity contribution is -0.131. The smallest absolute Gasteiger partial charge is 0.328 e. The first-order valence-electron chi connectivity index (χ1n) is 6.11. The van der Waals surface area contributed by atoms with Gasteiger partial charge in [0.2, 0.25) is 0 Å². The van der Waals surface area contributed by atoms with Gasteiger partial charge in [0.25, 0.3) is 0 Å². The van der Waals surface area contributed by atoms with Crippen molar-refractivity contribution in [3.63, 3.8) is 0 Å². The number of aromatic nitrogens is 1. The van der Waals surface area contributed by atoms with Gasteiger partial charge < -0.3 is 9.84 Å². The molecule has 2 heterocycles. The number of carboxylic acids is 1. The number of carbonyl (C=O) groups is 1. The molecule has 1 aliphatic rings. The van der Waals surface area contributed by atoms with E-state index < -0.39 is 5.97 Å². The molecule has 1 unspecified atom stereocenters. The largest absolute Gasteiger partial charge is 0.478 e. The third-order valence-corrected chi connectivity index (χ3v) is 3.96. The molecule has 18 heavy (non-hydrogen) atoms. The lowest BCUT2D eigenvalue weighted by Gasteiger charge is -2.04. The first-order chi connectivity index (χ1) is 8.58. The van der Waals surface area contributed by atoms with Crippen molar-refractivity contribution in [2.75, 3.05) is 6.61 Å². The molecular formula is C13H17NO3S. The Labute approximate surface area is 110 Å². The van der Waals surface area contributed by atoms with Crippen LogP contribution >= 0.6 is 11.3 Å². The van der Waals surface area contributed by atoms with Crippen LogP contribution in [0.4, 0.5) is 0 Å². The summed E-state index contributed by atoms with van der Waals surface area (Å²) in [7, 11) is 0. The van der Waals surface area contributed by atoms with Crippen molar-refractivity contribution in [1.29, 1.82) is 0 Å². The molecule has 1 aromatic heterocycles. The van der Waals surface area contributed by atoms with Crippen molar-refractivity contribution >= 4 is 23.4 Å². The molecule has 98 valence electrons. The number of aliphatic carboxylic acids is 1.